The van der Waals surface area contributed by atoms with Gasteiger partial charge in [-0.3, -0.25) is 4.79 Å². The highest BCUT2D eigenvalue weighted by Crippen LogP contribution is 2.39. The Morgan fingerprint density at radius 2 is 0.917 bits per heavy atom. The van der Waals surface area contributed by atoms with Gasteiger partial charge in [0.05, 0.1) is 11.1 Å². The highest BCUT2D eigenvalue weighted by molar-refractivity contribution is 7.16. The lowest BCUT2D eigenvalue weighted by Gasteiger charge is -2.14. The molecule has 2 heterocycles. The molecular formula is C27H20F6OS2. The van der Waals surface area contributed by atoms with Crippen LogP contribution < -0.4 is 0 Å². The molecule has 0 aliphatic rings. The normalized spacial score (nSPS) is 14.0. The number of hydrogen-bond donors (Lipinski definition) is 0. The summed E-state index contributed by atoms with van der Waals surface area (Å²) in [5.74, 6) is -0.869. The third-order valence-electron chi connectivity index (χ3n) is 5.95. The van der Waals surface area contributed by atoms with Crippen LogP contribution in [0.3, 0.4) is 0 Å². The van der Waals surface area contributed by atoms with Gasteiger partial charge >= 0.3 is 12.4 Å². The topological polar surface area (TPSA) is 17.1 Å². The van der Waals surface area contributed by atoms with Gasteiger partial charge in [0.25, 0.3) is 0 Å². The minimum Gasteiger partial charge on any atom is -0.298 e. The molecule has 4 aromatic rings. The Morgan fingerprint density at radius 1 is 0.583 bits per heavy atom. The number of ketones is 1. The maximum Gasteiger partial charge on any atom is 0.416 e. The smallest absolute Gasteiger partial charge is 0.298 e. The first-order valence-corrected chi connectivity index (χ1v) is 12.6. The summed E-state index contributed by atoms with van der Waals surface area (Å²) in [6.07, 6.45) is -8.80. The number of thiophene rings is 2. The predicted octanol–water partition coefficient (Wildman–Crippen LogP) is 9.66. The van der Waals surface area contributed by atoms with E-state index in [2.05, 4.69) is 0 Å². The molecule has 0 spiro atoms. The van der Waals surface area contributed by atoms with Crippen LogP contribution in [0.5, 0.6) is 0 Å². The standard InChI is InChI=1S/C27H20F6OS2/c1-15(21-11-13-23(35-21)17-3-7-19(8-4-17)26(28,29)30)25(34)16(2)22-12-14-24(36-22)18-5-9-20(10-6-18)27(31,32)33/h3-16H,1-2H3. The Balaban J connectivity index is 1.47. The van der Waals surface area contributed by atoms with Crippen LogP contribution in [0.1, 0.15) is 46.6 Å². The zero-order valence-electron chi connectivity index (χ0n) is 19.1. The first kappa shape index (κ1) is 26.2. The van der Waals surface area contributed by atoms with Crippen LogP contribution in [0, 0.1) is 0 Å². The highest BCUT2D eigenvalue weighted by atomic mass is 32.1. The zero-order valence-corrected chi connectivity index (χ0v) is 20.7. The van der Waals surface area contributed by atoms with Gasteiger partial charge < -0.3 is 0 Å². The summed E-state index contributed by atoms with van der Waals surface area (Å²) in [4.78, 5) is 16.4. The van der Waals surface area contributed by atoms with Crippen molar-refractivity contribution >= 4 is 28.5 Å². The molecule has 9 heteroatoms. The van der Waals surface area contributed by atoms with E-state index in [0.29, 0.717) is 11.1 Å². The Morgan fingerprint density at radius 3 is 1.22 bits per heavy atom. The van der Waals surface area contributed by atoms with E-state index in [1.54, 1.807) is 26.0 Å². The SMILES string of the molecule is CC(C(=O)C(C)c1ccc(-c2ccc(C(F)(F)F)cc2)s1)c1ccc(-c2ccc(C(F)(F)F)cc2)s1. The van der Waals surface area contributed by atoms with Crippen molar-refractivity contribution in [1.29, 1.82) is 0 Å². The number of rotatable bonds is 6. The summed E-state index contributed by atoms with van der Waals surface area (Å²) < 4.78 is 76.9. The van der Waals surface area contributed by atoms with Crippen molar-refractivity contribution in [2.24, 2.45) is 0 Å². The minimum absolute atomic E-state index is 0.0170. The van der Waals surface area contributed by atoms with E-state index in [4.69, 9.17) is 0 Å². The van der Waals surface area contributed by atoms with Crippen molar-refractivity contribution in [2.45, 2.75) is 38.0 Å². The van der Waals surface area contributed by atoms with Crippen LogP contribution in [-0.2, 0) is 17.1 Å². The number of hydrogen-bond acceptors (Lipinski definition) is 3. The van der Waals surface area contributed by atoms with E-state index < -0.39 is 35.3 Å². The van der Waals surface area contributed by atoms with E-state index in [-0.39, 0.29) is 5.78 Å². The van der Waals surface area contributed by atoms with Crippen LogP contribution in [0.4, 0.5) is 26.3 Å². The molecule has 4 rings (SSSR count). The van der Waals surface area contributed by atoms with Crippen molar-refractivity contribution in [3.05, 3.63) is 93.7 Å². The number of carbonyl (C=O) groups is 1. The van der Waals surface area contributed by atoms with Gasteiger partial charge in [-0.05, 0) is 59.7 Å². The van der Waals surface area contributed by atoms with Crippen LogP contribution in [0.25, 0.3) is 20.9 Å². The Hall–Kier alpha value is -2.91. The average molecular weight is 539 g/mol. The molecule has 0 bridgehead atoms. The Kier molecular flexibility index (Phi) is 7.16. The van der Waals surface area contributed by atoms with E-state index in [0.717, 1.165) is 43.8 Å². The van der Waals surface area contributed by atoms with Crippen LogP contribution >= 0.6 is 22.7 Å². The maximum atomic E-state index is 13.2. The second-order valence-corrected chi connectivity index (χ2v) is 10.6. The zero-order chi connectivity index (χ0) is 26.3. The summed E-state index contributed by atoms with van der Waals surface area (Å²) in [6.45, 7) is 3.59. The number of alkyl halides is 6. The van der Waals surface area contributed by atoms with Gasteiger partial charge in [0.2, 0.25) is 0 Å². The second-order valence-electron chi connectivity index (χ2n) is 8.40. The molecule has 2 aromatic carbocycles. The van der Waals surface area contributed by atoms with Crippen molar-refractivity contribution in [1.82, 2.24) is 0 Å². The highest BCUT2D eigenvalue weighted by Gasteiger charge is 2.31. The number of carbonyl (C=O) groups excluding carboxylic acids is 1. The van der Waals surface area contributed by atoms with E-state index in [9.17, 15) is 31.1 Å². The first-order valence-electron chi connectivity index (χ1n) is 10.9. The molecular weight excluding hydrogens is 518 g/mol. The van der Waals surface area contributed by atoms with Gasteiger partial charge in [-0.1, -0.05) is 38.1 Å². The molecule has 2 unspecified atom stereocenters. The average Bonchev–Trinajstić information content (AvgIpc) is 3.52. The van der Waals surface area contributed by atoms with Crippen molar-refractivity contribution in [3.8, 4) is 20.9 Å². The summed E-state index contributed by atoms with van der Waals surface area (Å²) >= 11 is 2.73. The summed E-state index contributed by atoms with van der Waals surface area (Å²) in [7, 11) is 0. The van der Waals surface area contributed by atoms with E-state index in [1.165, 1.54) is 46.9 Å². The largest absolute Gasteiger partial charge is 0.416 e. The lowest BCUT2D eigenvalue weighted by Crippen LogP contribution is -2.14. The molecule has 0 radical (unpaired) electrons. The van der Waals surface area contributed by atoms with Gasteiger partial charge in [-0.15, -0.1) is 22.7 Å². The lowest BCUT2D eigenvalue weighted by atomic mass is 9.93. The van der Waals surface area contributed by atoms with Crippen LogP contribution in [-0.4, -0.2) is 5.78 Å². The third-order valence-corrected chi connectivity index (χ3v) is 8.59. The van der Waals surface area contributed by atoms with Gasteiger partial charge in [-0.25, -0.2) is 0 Å². The molecule has 0 aliphatic carbocycles. The molecule has 2 aromatic heterocycles. The summed E-state index contributed by atoms with van der Waals surface area (Å²) in [5.41, 5.74) is -0.142. The molecule has 36 heavy (non-hydrogen) atoms. The van der Waals surface area contributed by atoms with Crippen molar-refractivity contribution in [3.63, 3.8) is 0 Å². The van der Waals surface area contributed by atoms with E-state index >= 15 is 0 Å². The maximum absolute atomic E-state index is 13.2. The lowest BCUT2D eigenvalue weighted by molar-refractivity contribution is -0.138. The third kappa shape index (κ3) is 5.57. The fourth-order valence-corrected chi connectivity index (χ4v) is 5.93. The van der Waals surface area contributed by atoms with E-state index in [1.807, 2.05) is 12.1 Å². The fourth-order valence-electron chi connectivity index (χ4n) is 3.78. The van der Waals surface area contributed by atoms with Gasteiger partial charge in [-0.2, -0.15) is 26.3 Å². The molecule has 0 fully saturated rings. The Bertz CT molecular complexity index is 1240. The molecule has 2 atom stereocenters. The first-order chi connectivity index (χ1) is 16.8. The van der Waals surface area contributed by atoms with Gasteiger partial charge in [0.15, 0.2) is 0 Å². The molecule has 0 aliphatic heterocycles. The second kappa shape index (κ2) is 9.86. The fraction of sp³-hybridized carbons (Fsp3) is 0.222. The predicted molar refractivity (Wildman–Crippen MR) is 131 cm³/mol. The quantitative estimate of drug-likeness (QED) is 0.223. The number of Topliss-reactive ketones (excluding diaryl/α,β-unsaturated/α-hetero) is 1. The molecule has 1 nitrogen and oxygen atoms in total. The van der Waals surface area contributed by atoms with Crippen LogP contribution in [0.2, 0.25) is 0 Å². The number of benzene rings is 2. The molecule has 0 saturated heterocycles. The van der Waals surface area contributed by atoms with Crippen molar-refractivity contribution in [2.75, 3.05) is 0 Å². The molecule has 0 amide bonds. The summed E-state index contributed by atoms with van der Waals surface area (Å²) in [5, 5.41) is 0. The van der Waals surface area contributed by atoms with Gasteiger partial charge in [0, 0.05) is 31.3 Å². The summed E-state index contributed by atoms with van der Waals surface area (Å²) in [6, 6.07) is 17.0. The molecule has 0 saturated carbocycles. The Labute approximate surface area is 212 Å². The molecule has 0 N–H and O–H groups in total. The molecule has 188 valence electrons. The van der Waals surface area contributed by atoms with Gasteiger partial charge in [0.1, 0.15) is 5.78 Å². The van der Waals surface area contributed by atoms with Crippen LogP contribution in [0.15, 0.2) is 72.8 Å². The van der Waals surface area contributed by atoms with Crippen molar-refractivity contribution < 1.29 is 31.1 Å². The number of halogens is 6. The monoisotopic (exact) mass is 538 g/mol. The minimum atomic E-state index is -4.40.